The van der Waals surface area contributed by atoms with Crippen molar-refractivity contribution in [3.63, 3.8) is 0 Å². The van der Waals surface area contributed by atoms with Gasteiger partial charge >= 0.3 is 0 Å². The van der Waals surface area contributed by atoms with E-state index < -0.39 is 0 Å². The number of hydrogen-bond acceptors (Lipinski definition) is 3. The Morgan fingerprint density at radius 1 is 1.00 bits per heavy atom. The van der Waals surface area contributed by atoms with Crippen molar-refractivity contribution in [1.29, 1.82) is 0 Å². The Hall–Kier alpha value is -2.60. The van der Waals surface area contributed by atoms with Crippen LogP contribution in [-0.4, -0.2) is 53.6 Å². The Labute approximate surface area is 228 Å². The summed E-state index contributed by atoms with van der Waals surface area (Å²) in [5, 5.41) is 3.25. The highest BCUT2D eigenvalue weighted by molar-refractivity contribution is 6.03. The number of carbonyl (C=O) groups excluding carboxylic acids is 2. The summed E-state index contributed by atoms with van der Waals surface area (Å²) in [5.74, 6) is -0.0459. The number of likely N-dealkylation sites (tertiary alicyclic amines) is 1. The van der Waals surface area contributed by atoms with Gasteiger partial charge in [-0.2, -0.15) is 0 Å². The third-order valence-corrected chi connectivity index (χ3v) is 9.02. The average molecular weight is 520 g/mol. The second-order valence-electron chi connectivity index (χ2n) is 13.1. The molecule has 6 nitrogen and oxygen atoms in total. The molecule has 2 saturated heterocycles. The van der Waals surface area contributed by atoms with E-state index in [-0.39, 0.29) is 28.7 Å². The third kappa shape index (κ3) is 5.16. The first-order valence-electron chi connectivity index (χ1n) is 14.6. The zero-order valence-corrected chi connectivity index (χ0v) is 24.2. The van der Waals surface area contributed by atoms with Gasteiger partial charge in [-0.1, -0.05) is 33.8 Å². The van der Waals surface area contributed by atoms with E-state index in [1.54, 1.807) is 0 Å². The molecule has 0 atom stereocenters. The summed E-state index contributed by atoms with van der Waals surface area (Å²) in [6.45, 7) is 15.9. The van der Waals surface area contributed by atoms with Gasteiger partial charge in [0.15, 0.2) is 0 Å². The van der Waals surface area contributed by atoms with Crippen LogP contribution in [0.3, 0.4) is 0 Å². The number of ether oxygens (including phenoxy) is 1. The fourth-order valence-electron chi connectivity index (χ4n) is 6.09. The van der Waals surface area contributed by atoms with E-state index in [1.807, 2.05) is 18.7 Å². The van der Waals surface area contributed by atoms with Gasteiger partial charge in [-0.15, -0.1) is 0 Å². The van der Waals surface area contributed by atoms with E-state index in [0.717, 1.165) is 62.1 Å². The van der Waals surface area contributed by atoms with Gasteiger partial charge in [-0.05, 0) is 98.4 Å². The summed E-state index contributed by atoms with van der Waals surface area (Å²) in [6.07, 6.45) is 7.23. The molecule has 206 valence electrons. The van der Waals surface area contributed by atoms with E-state index >= 15 is 0 Å². The first kappa shape index (κ1) is 27.0. The molecular weight excluding hydrogens is 474 g/mol. The largest absolute Gasteiger partial charge is 0.381 e. The third-order valence-electron chi connectivity index (χ3n) is 9.02. The Morgan fingerprint density at radius 3 is 2.26 bits per heavy atom. The Bertz CT molecular complexity index is 1200. The minimum absolute atomic E-state index is 0.0353. The standard InChI is InChI=1S/C32H45N3O3/c1-21-27(29(36)33-25-10-16-38-17-11-25)22(2)35(28(21)30(37)34-14-8-7-9-15-34)26-19-23(31(3,4)5)18-24(20-26)32(6)12-13-32/h18-20,25H,7-17H2,1-6H3,(H,33,36). The van der Waals surface area contributed by atoms with Crippen LogP contribution in [0.5, 0.6) is 0 Å². The molecule has 3 aliphatic rings. The molecule has 2 aromatic rings. The molecule has 38 heavy (non-hydrogen) atoms. The van der Waals surface area contributed by atoms with Crippen molar-refractivity contribution in [3.8, 4) is 5.69 Å². The van der Waals surface area contributed by atoms with Crippen molar-refractivity contribution in [2.24, 2.45) is 0 Å². The molecule has 1 aromatic carbocycles. The molecule has 6 heteroatoms. The van der Waals surface area contributed by atoms with Gasteiger partial charge in [0.1, 0.15) is 5.69 Å². The predicted octanol–water partition coefficient (Wildman–Crippen LogP) is 5.98. The van der Waals surface area contributed by atoms with Gasteiger partial charge < -0.3 is 19.5 Å². The Balaban J connectivity index is 1.66. The van der Waals surface area contributed by atoms with E-state index in [0.29, 0.717) is 24.5 Å². The summed E-state index contributed by atoms with van der Waals surface area (Å²) >= 11 is 0. The molecule has 5 rings (SSSR count). The van der Waals surface area contributed by atoms with E-state index in [4.69, 9.17) is 4.74 Å². The van der Waals surface area contributed by atoms with Gasteiger partial charge in [0.2, 0.25) is 0 Å². The van der Waals surface area contributed by atoms with Crippen LogP contribution < -0.4 is 5.32 Å². The molecule has 1 saturated carbocycles. The number of rotatable bonds is 5. The van der Waals surface area contributed by atoms with Crippen molar-refractivity contribution < 1.29 is 14.3 Å². The monoisotopic (exact) mass is 519 g/mol. The smallest absolute Gasteiger partial charge is 0.271 e. The fourth-order valence-corrected chi connectivity index (χ4v) is 6.09. The lowest BCUT2D eigenvalue weighted by atomic mass is 9.83. The average Bonchev–Trinajstić information content (AvgIpc) is 3.59. The van der Waals surface area contributed by atoms with Crippen molar-refractivity contribution in [3.05, 3.63) is 51.8 Å². The highest BCUT2D eigenvalue weighted by Gasteiger charge is 2.40. The highest BCUT2D eigenvalue weighted by atomic mass is 16.5. The minimum atomic E-state index is -0.0836. The first-order valence-corrected chi connectivity index (χ1v) is 14.6. The molecule has 2 aliphatic heterocycles. The minimum Gasteiger partial charge on any atom is -0.381 e. The van der Waals surface area contributed by atoms with Crippen LogP contribution in [-0.2, 0) is 15.6 Å². The predicted molar refractivity (Wildman–Crippen MR) is 152 cm³/mol. The number of carbonyl (C=O) groups is 2. The van der Waals surface area contributed by atoms with Crippen molar-refractivity contribution in [2.75, 3.05) is 26.3 Å². The van der Waals surface area contributed by atoms with Crippen molar-refractivity contribution in [2.45, 2.75) is 103 Å². The summed E-state index contributed by atoms with van der Waals surface area (Å²) in [5.41, 5.74) is 6.62. The van der Waals surface area contributed by atoms with E-state index in [2.05, 4.69) is 55.8 Å². The van der Waals surface area contributed by atoms with Crippen LogP contribution >= 0.6 is 0 Å². The lowest BCUT2D eigenvalue weighted by molar-refractivity contribution is 0.0695. The number of nitrogens with zero attached hydrogens (tertiary/aromatic N) is 2. The maximum Gasteiger partial charge on any atom is 0.271 e. The molecular formula is C32H45N3O3. The second kappa shape index (κ2) is 10.2. The number of hydrogen-bond donors (Lipinski definition) is 1. The maximum atomic E-state index is 14.1. The van der Waals surface area contributed by atoms with Crippen molar-refractivity contribution in [1.82, 2.24) is 14.8 Å². The van der Waals surface area contributed by atoms with E-state index in [9.17, 15) is 9.59 Å². The lowest BCUT2D eigenvalue weighted by Crippen LogP contribution is -2.39. The summed E-state index contributed by atoms with van der Waals surface area (Å²) in [6, 6.07) is 6.95. The van der Waals surface area contributed by atoms with Gasteiger partial charge in [0.05, 0.1) is 5.56 Å². The molecule has 0 spiro atoms. The number of benzene rings is 1. The fraction of sp³-hybridized carbons (Fsp3) is 0.625. The molecule has 0 bridgehead atoms. The zero-order valence-electron chi connectivity index (χ0n) is 24.2. The SMILES string of the molecule is Cc1c(C(=O)NC2CCOCC2)c(C)n(-c2cc(C(C)(C)C)cc(C3(C)CC3)c2)c1C(=O)N1CCCCC1. The molecule has 3 fully saturated rings. The molecule has 0 unspecified atom stereocenters. The lowest BCUT2D eigenvalue weighted by Gasteiger charge is -2.28. The number of piperidine rings is 1. The topological polar surface area (TPSA) is 63.6 Å². The van der Waals surface area contributed by atoms with Crippen LogP contribution in [0, 0.1) is 13.8 Å². The molecule has 3 heterocycles. The summed E-state index contributed by atoms with van der Waals surface area (Å²) in [4.78, 5) is 29.8. The normalized spacial score (nSPS) is 19.9. The number of nitrogens with one attached hydrogen (secondary N) is 1. The van der Waals surface area contributed by atoms with Gasteiger partial charge in [0.25, 0.3) is 11.8 Å². The molecule has 1 N–H and O–H groups in total. The van der Waals surface area contributed by atoms with Crippen LogP contribution in [0.15, 0.2) is 18.2 Å². The second-order valence-corrected chi connectivity index (χ2v) is 13.1. The first-order chi connectivity index (χ1) is 18.0. The zero-order chi connectivity index (χ0) is 27.2. The number of aromatic nitrogens is 1. The molecule has 2 amide bonds. The highest BCUT2D eigenvalue weighted by Crippen LogP contribution is 2.49. The van der Waals surface area contributed by atoms with Crippen LogP contribution in [0.2, 0.25) is 0 Å². The molecule has 0 radical (unpaired) electrons. The molecule has 1 aromatic heterocycles. The quantitative estimate of drug-likeness (QED) is 0.529. The maximum absolute atomic E-state index is 14.1. The van der Waals surface area contributed by atoms with Crippen LogP contribution in [0.25, 0.3) is 5.69 Å². The summed E-state index contributed by atoms with van der Waals surface area (Å²) < 4.78 is 7.58. The van der Waals surface area contributed by atoms with Gasteiger partial charge in [-0.3, -0.25) is 9.59 Å². The van der Waals surface area contributed by atoms with Crippen molar-refractivity contribution >= 4 is 11.8 Å². The Kier molecular flexibility index (Phi) is 7.23. The number of amides is 2. The van der Waals surface area contributed by atoms with E-state index in [1.165, 1.54) is 24.0 Å². The van der Waals surface area contributed by atoms with Gasteiger partial charge in [-0.25, -0.2) is 0 Å². The Morgan fingerprint density at radius 2 is 1.66 bits per heavy atom. The molecule has 1 aliphatic carbocycles. The van der Waals surface area contributed by atoms with Crippen LogP contribution in [0.4, 0.5) is 0 Å². The summed E-state index contributed by atoms with van der Waals surface area (Å²) in [7, 11) is 0. The van der Waals surface area contributed by atoms with Crippen LogP contribution in [0.1, 0.15) is 116 Å². The van der Waals surface area contributed by atoms with Gasteiger partial charge in [0, 0.05) is 43.7 Å².